The number of fused-ring (bicyclic) bond motifs is 1. The molecule has 1 heterocycles. The Bertz CT molecular complexity index is 420. The molecule has 2 rings (SSSR count). The summed E-state index contributed by atoms with van der Waals surface area (Å²) in [5.74, 6) is 1.20. The molecule has 0 unspecified atom stereocenters. The summed E-state index contributed by atoms with van der Waals surface area (Å²) >= 11 is 1.83. The standard InChI is InChI=1S/C14H20N2OS/c1-11(2)15-8-7-14(17)16-9-10-18-13-6-4-3-5-12(13)16/h3-6,11,15H,7-10H2,1-2H3. The fraction of sp³-hybridized carbons (Fsp3) is 0.500. The van der Waals surface area contributed by atoms with E-state index in [0.29, 0.717) is 12.5 Å². The van der Waals surface area contributed by atoms with E-state index in [1.54, 1.807) is 0 Å². The summed E-state index contributed by atoms with van der Waals surface area (Å²) in [6.07, 6.45) is 0.567. The second-order valence-corrected chi connectivity index (χ2v) is 5.86. The largest absolute Gasteiger partial charge is 0.314 e. The van der Waals surface area contributed by atoms with E-state index in [1.807, 2.05) is 34.9 Å². The Morgan fingerprint density at radius 2 is 2.22 bits per heavy atom. The van der Waals surface area contributed by atoms with Crippen LogP contribution in [0.25, 0.3) is 0 Å². The van der Waals surface area contributed by atoms with E-state index in [-0.39, 0.29) is 5.91 Å². The van der Waals surface area contributed by atoms with Gasteiger partial charge in [-0.3, -0.25) is 4.79 Å². The number of rotatable bonds is 4. The Labute approximate surface area is 113 Å². The van der Waals surface area contributed by atoms with Crippen LogP contribution in [0.1, 0.15) is 20.3 Å². The molecular weight excluding hydrogens is 244 g/mol. The molecule has 0 radical (unpaired) electrons. The topological polar surface area (TPSA) is 32.3 Å². The third-order valence-electron chi connectivity index (χ3n) is 2.92. The van der Waals surface area contributed by atoms with Crippen LogP contribution in [-0.2, 0) is 4.79 Å². The van der Waals surface area contributed by atoms with Crippen molar-refractivity contribution in [2.45, 2.75) is 31.2 Å². The molecule has 0 fully saturated rings. The molecule has 0 atom stereocenters. The molecule has 0 spiro atoms. The number of carbonyl (C=O) groups excluding carboxylic acids is 1. The fourth-order valence-electron chi connectivity index (χ4n) is 2.03. The molecule has 18 heavy (non-hydrogen) atoms. The number of anilines is 1. The summed E-state index contributed by atoms with van der Waals surface area (Å²) in [4.78, 5) is 15.4. The minimum Gasteiger partial charge on any atom is -0.314 e. The third kappa shape index (κ3) is 3.27. The van der Waals surface area contributed by atoms with Crippen molar-refractivity contribution in [2.75, 3.05) is 23.7 Å². The highest BCUT2D eigenvalue weighted by molar-refractivity contribution is 7.99. The lowest BCUT2D eigenvalue weighted by molar-refractivity contribution is -0.118. The molecule has 98 valence electrons. The summed E-state index contributed by atoms with van der Waals surface area (Å²) in [7, 11) is 0. The first-order valence-electron chi connectivity index (χ1n) is 6.44. The fourth-order valence-corrected chi connectivity index (χ4v) is 3.03. The van der Waals surface area contributed by atoms with Gasteiger partial charge < -0.3 is 10.2 Å². The molecule has 1 aliphatic heterocycles. The van der Waals surface area contributed by atoms with Crippen molar-refractivity contribution in [1.29, 1.82) is 0 Å². The van der Waals surface area contributed by atoms with Gasteiger partial charge in [-0.2, -0.15) is 0 Å². The van der Waals surface area contributed by atoms with Crippen molar-refractivity contribution in [3.63, 3.8) is 0 Å². The van der Waals surface area contributed by atoms with E-state index < -0.39 is 0 Å². The second-order valence-electron chi connectivity index (χ2n) is 4.72. The van der Waals surface area contributed by atoms with Crippen molar-refractivity contribution in [3.8, 4) is 0 Å². The third-order valence-corrected chi connectivity index (χ3v) is 3.96. The van der Waals surface area contributed by atoms with Gasteiger partial charge in [0.25, 0.3) is 0 Å². The van der Waals surface area contributed by atoms with Gasteiger partial charge in [0.1, 0.15) is 0 Å². The van der Waals surface area contributed by atoms with Gasteiger partial charge in [-0.15, -0.1) is 11.8 Å². The molecule has 0 saturated heterocycles. The zero-order valence-corrected chi connectivity index (χ0v) is 11.8. The number of hydrogen-bond acceptors (Lipinski definition) is 3. The lowest BCUT2D eigenvalue weighted by atomic mass is 10.2. The van der Waals surface area contributed by atoms with Gasteiger partial charge in [-0.25, -0.2) is 0 Å². The summed E-state index contributed by atoms with van der Waals surface area (Å²) in [6.45, 7) is 5.76. The number of carbonyl (C=O) groups is 1. The van der Waals surface area contributed by atoms with Gasteiger partial charge in [0.2, 0.25) is 5.91 Å². The predicted octanol–water partition coefficient (Wildman–Crippen LogP) is 2.51. The average Bonchev–Trinajstić information content (AvgIpc) is 2.37. The minimum atomic E-state index is 0.218. The maximum Gasteiger partial charge on any atom is 0.228 e. The van der Waals surface area contributed by atoms with Gasteiger partial charge in [-0.05, 0) is 12.1 Å². The normalized spacial score (nSPS) is 14.7. The van der Waals surface area contributed by atoms with Crippen LogP contribution in [0.15, 0.2) is 29.2 Å². The van der Waals surface area contributed by atoms with Crippen molar-refractivity contribution in [1.82, 2.24) is 5.32 Å². The van der Waals surface area contributed by atoms with E-state index in [9.17, 15) is 4.79 Å². The van der Waals surface area contributed by atoms with E-state index in [1.165, 1.54) is 4.90 Å². The minimum absolute atomic E-state index is 0.218. The summed E-state index contributed by atoms with van der Waals surface area (Å²) in [5.41, 5.74) is 1.07. The monoisotopic (exact) mass is 264 g/mol. The summed E-state index contributed by atoms with van der Waals surface area (Å²) < 4.78 is 0. The first-order valence-corrected chi connectivity index (χ1v) is 7.42. The molecule has 0 aromatic heterocycles. The molecule has 0 aliphatic carbocycles. The van der Waals surface area contributed by atoms with Gasteiger partial charge in [0.15, 0.2) is 0 Å². The average molecular weight is 264 g/mol. The smallest absolute Gasteiger partial charge is 0.228 e. The Morgan fingerprint density at radius 1 is 1.44 bits per heavy atom. The zero-order valence-electron chi connectivity index (χ0n) is 11.0. The van der Waals surface area contributed by atoms with Crippen molar-refractivity contribution in [3.05, 3.63) is 24.3 Å². The highest BCUT2D eigenvalue weighted by Crippen LogP contribution is 2.34. The predicted molar refractivity (Wildman–Crippen MR) is 77.3 cm³/mol. The molecule has 0 bridgehead atoms. The molecule has 1 N–H and O–H groups in total. The summed E-state index contributed by atoms with van der Waals surface area (Å²) in [6, 6.07) is 8.58. The number of para-hydroxylation sites is 1. The molecule has 1 aromatic rings. The quantitative estimate of drug-likeness (QED) is 0.907. The molecule has 3 nitrogen and oxygen atoms in total. The van der Waals surface area contributed by atoms with E-state index in [4.69, 9.17) is 0 Å². The highest BCUT2D eigenvalue weighted by atomic mass is 32.2. The zero-order chi connectivity index (χ0) is 13.0. The lowest BCUT2D eigenvalue weighted by Crippen LogP contribution is -2.37. The van der Waals surface area contributed by atoms with Crippen LogP contribution in [-0.4, -0.2) is 30.8 Å². The van der Waals surface area contributed by atoms with Crippen molar-refractivity contribution < 1.29 is 4.79 Å². The Hall–Kier alpha value is -1.00. The van der Waals surface area contributed by atoms with Gasteiger partial charge in [0.05, 0.1) is 5.69 Å². The van der Waals surface area contributed by atoms with Gasteiger partial charge >= 0.3 is 0 Å². The SMILES string of the molecule is CC(C)NCCC(=O)N1CCSc2ccccc21. The van der Waals surface area contributed by atoms with E-state index in [0.717, 1.165) is 24.5 Å². The first-order chi connectivity index (χ1) is 8.68. The molecule has 1 aliphatic rings. The summed E-state index contributed by atoms with van der Waals surface area (Å²) in [5, 5.41) is 3.29. The number of thioether (sulfide) groups is 1. The molecule has 1 aromatic carbocycles. The van der Waals surface area contributed by atoms with Crippen LogP contribution < -0.4 is 10.2 Å². The van der Waals surface area contributed by atoms with Crippen LogP contribution in [0.5, 0.6) is 0 Å². The van der Waals surface area contributed by atoms with Crippen molar-refractivity contribution in [2.24, 2.45) is 0 Å². The Kier molecular flexibility index (Phi) is 4.66. The Balaban J connectivity index is 1.99. The number of benzene rings is 1. The number of nitrogens with zero attached hydrogens (tertiary/aromatic N) is 1. The van der Waals surface area contributed by atoms with Crippen LogP contribution in [0.3, 0.4) is 0 Å². The maximum absolute atomic E-state index is 12.2. The van der Waals surface area contributed by atoms with Crippen LogP contribution in [0, 0.1) is 0 Å². The second kappa shape index (κ2) is 6.25. The molecule has 4 heteroatoms. The van der Waals surface area contributed by atoms with Crippen LogP contribution in [0.2, 0.25) is 0 Å². The highest BCUT2D eigenvalue weighted by Gasteiger charge is 2.21. The molecule has 1 amide bonds. The number of amides is 1. The van der Waals surface area contributed by atoms with E-state index in [2.05, 4.69) is 25.2 Å². The maximum atomic E-state index is 12.2. The van der Waals surface area contributed by atoms with Crippen LogP contribution in [0.4, 0.5) is 5.69 Å². The van der Waals surface area contributed by atoms with E-state index >= 15 is 0 Å². The Morgan fingerprint density at radius 3 is 3.00 bits per heavy atom. The van der Waals surface area contributed by atoms with Crippen LogP contribution >= 0.6 is 11.8 Å². The first kappa shape index (κ1) is 13.4. The number of nitrogens with one attached hydrogen (secondary N) is 1. The van der Waals surface area contributed by atoms with Gasteiger partial charge in [0, 0.05) is 36.2 Å². The number of hydrogen-bond donors (Lipinski definition) is 1. The molecular formula is C14H20N2OS. The van der Waals surface area contributed by atoms with Crippen molar-refractivity contribution >= 4 is 23.4 Å². The van der Waals surface area contributed by atoms with Gasteiger partial charge in [-0.1, -0.05) is 26.0 Å². The lowest BCUT2D eigenvalue weighted by Gasteiger charge is -2.29. The molecule has 0 saturated carbocycles.